The molecule has 0 spiro atoms. The van der Waals surface area contributed by atoms with E-state index in [2.05, 4.69) is 6.07 Å². The Morgan fingerprint density at radius 3 is 2.69 bits per heavy atom. The van der Waals surface area contributed by atoms with Gasteiger partial charge in [-0.15, -0.1) is 0 Å². The van der Waals surface area contributed by atoms with Gasteiger partial charge in [-0.25, -0.2) is 0 Å². The first kappa shape index (κ1) is 9.65. The molecule has 1 rings (SSSR count). The lowest BCUT2D eigenvalue weighted by Crippen LogP contribution is -2.30. The van der Waals surface area contributed by atoms with Crippen molar-refractivity contribution in [2.24, 2.45) is 11.5 Å². The first-order valence-corrected chi connectivity index (χ1v) is 4.46. The molecule has 0 aliphatic carbocycles. The topological polar surface area (TPSA) is 52.0 Å². The molecule has 0 fully saturated rings. The Balaban J connectivity index is 3.60. The third-order valence-corrected chi connectivity index (χ3v) is 2.12. The molecule has 2 nitrogen and oxygen atoms in total. The van der Waals surface area contributed by atoms with E-state index in [0.717, 1.165) is 22.6 Å². The summed E-state index contributed by atoms with van der Waals surface area (Å²) in [6.45, 7) is 4.09. The predicted octanol–water partition coefficient (Wildman–Crippen LogP) is 0.169. The van der Waals surface area contributed by atoms with Crippen molar-refractivity contribution in [3.05, 3.63) is 34.2 Å². The fraction of sp³-hybridized carbons (Fsp3) is 0.273. The van der Waals surface area contributed by atoms with Crippen molar-refractivity contribution in [1.29, 1.82) is 0 Å². The molecule has 0 atom stereocenters. The molecular weight excluding hydrogens is 160 g/mol. The summed E-state index contributed by atoms with van der Waals surface area (Å²) in [5.41, 5.74) is 13.5. The number of hydrogen-bond donors (Lipinski definition) is 2. The van der Waals surface area contributed by atoms with E-state index in [-0.39, 0.29) is 0 Å². The fourth-order valence-electron chi connectivity index (χ4n) is 1.28. The van der Waals surface area contributed by atoms with Gasteiger partial charge in [0.15, 0.2) is 0 Å². The Morgan fingerprint density at radius 2 is 2.15 bits per heavy atom. The van der Waals surface area contributed by atoms with Gasteiger partial charge in [0.2, 0.25) is 0 Å². The molecule has 0 aromatic heterocycles. The second-order valence-corrected chi connectivity index (χ2v) is 3.14. The third-order valence-electron chi connectivity index (χ3n) is 2.12. The molecular formula is C11H16N2. The normalized spacial score (nSPS) is 14.5. The lowest BCUT2D eigenvalue weighted by atomic mass is 10.1. The molecule has 2 heteroatoms. The standard InChI is InChI=1S/C11H16N2/c1-3-11(13)10-6-8(2)4-5-9(10)7-12/h4-7H,3,12-13H2,1-2H3/b9-7-,11-10-. The van der Waals surface area contributed by atoms with Gasteiger partial charge in [-0.2, -0.15) is 0 Å². The van der Waals surface area contributed by atoms with Gasteiger partial charge < -0.3 is 11.5 Å². The van der Waals surface area contributed by atoms with E-state index >= 15 is 0 Å². The quantitative estimate of drug-likeness (QED) is 0.641. The minimum Gasteiger partial charge on any atom is -0.404 e. The molecule has 0 radical (unpaired) electrons. The highest BCUT2D eigenvalue weighted by Gasteiger charge is 1.91. The van der Waals surface area contributed by atoms with Crippen molar-refractivity contribution in [2.75, 3.05) is 0 Å². The summed E-state index contributed by atoms with van der Waals surface area (Å²) in [7, 11) is 0. The molecule has 13 heavy (non-hydrogen) atoms. The van der Waals surface area contributed by atoms with Gasteiger partial charge in [0, 0.05) is 17.1 Å². The molecule has 1 aromatic rings. The molecule has 0 amide bonds. The van der Waals surface area contributed by atoms with Crippen LogP contribution in [0.1, 0.15) is 18.9 Å². The Hall–Kier alpha value is -1.44. The van der Waals surface area contributed by atoms with Crippen molar-refractivity contribution in [3.63, 3.8) is 0 Å². The van der Waals surface area contributed by atoms with Crippen molar-refractivity contribution in [3.8, 4) is 0 Å². The van der Waals surface area contributed by atoms with E-state index in [0.29, 0.717) is 0 Å². The molecule has 0 unspecified atom stereocenters. The first-order valence-electron chi connectivity index (χ1n) is 4.46. The molecule has 0 saturated heterocycles. The second-order valence-electron chi connectivity index (χ2n) is 3.14. The summed E-state index contributed by atoms with van der Waals surface area (Å²) in [5, 5.41) is 2.06. The Bertz CT molecular complexity index is 405. The van der Waals surface area contributed by atoms with Gasteiger partial charge in [-0.3, -0.25) is 0 Å². The Kier molecular flexibility index (Phi) is 2.96. The number of nitrogens with two attached hydrogens (primary N) is 2. The highest BCUT2D eigenvalue weighted by Crippen LogP contribution is 1.90. The van der Waals surface area contributed by atoms with Crippen molar-refractivity contribution in [1.82, 2.24) is 0 Å². The number of benzene rings is 1. The average molecular weight is 176 g/mol. The molecule has 70 valence electrons. The minimum absolute atomic E-state index is 0.851. The average Bonchev–Trinajstić information content (AvgIpc) is 2.16. The van der Waals surface area contributed by atoms with Crippen molar-refractivity contribution >= 4 is 11.9 Å². The van der Waals surface area contributed by atoms with Crippen LogP contribution in [0, 0.1) is 6.92 Å². The second kappa shape index (κ2) is 3.99. The zero-order valence-corrected chi connectivity index (χ0v) is 8.17. The number of aryl methyl sites for hydroxylation is 1. The van der Waals surface area contributed by atoms with E-state index in [9.17, 15) is 0 Å². The fourth-order valence-corrected chi connectivity index (χ4v) is 1.28. The summed E-state index contributed by atoms with van der Waals surface area (Å²) in [4.78, 5) is 0. The van der Waals surface area contributed by atoms with Crippen LogP contribution in [0.3, 0.4) is 0 Å². The van der Waals surface area contributed by atoms with Gasteiger partial charge in [0.1, 0.15) is 0 Å². The highest BCUT2D eigenvalue weighted by atomic mass is 14.6. The van der Waals surface area contributed by atoms with Crippen LogP contribution in [0.2, 0.25) is 0 Å². The van der Waals surface area contributed by atoms with Crippen LogP contribution in [-0.2, 0) is 0 Å². The van der Waals surface area contributed by atoms with E-state index in [4.69, 9.17) is 11.5 Å². The van der Waals surface area contributed by atoms with E-state index in [1.165, 1.54) is 5.56 Å². The van der Waals surface area contributed by atoms with Gasteiger partial charge in [-0.1, -0.05) is 24.6 Å². The summed E-state index contributed by atoms with van der Waals surface area (Å²) in [5.74, 6) is 0. The first-order chi connectivity index (χ1) is 6.19. The Morgan fingerprint density at radius 1 is 1.46 bits per heavy atom. The number of rotatable bonds is 1. The van der Waals surface area contributed by atoms with Crippen LogP contribution in [0.25, 0.3) is 11.9 Å². The van der Waals surface area contributed by atoms with E-state index < -0.39 is 0 Å². The lowest BCUT2D eigenvalue weighted by molar-refractivity contribution is 1.17. The van der Waals surface area contributed by atoms with Gasteiger partial charge in [0.25, 0.3) is 0 Å². The van der Waals surface area contributed by atoms with Crippen LogP contribution in [-0.4, -0.2) is 0 Å². The van der Waals surface area contributed by atoms with Crippen molar-refractivity contribution < 1.29 is 0 Å². The monoisotopic (exact) mass is 176 g/mol. The maximum Gasteiger partial charge on any atom is 0.0158 e. The minimum atomic E-state index is 0.851. The molecule has 0 bridgehead atoms. The van der Waals surface area contributed by atoms with E-state index in [1.807, 2.05) is 26.0 Å². The summed E-state index contributed by atoms with van der Waals surface area (Å²) >= 11 is 0. The number of hydrogen-bond acceptors (Lipinski definition) is 2. The van der Waals surface area contributed by atoms with Crippen LogP contribution in [0.4, 0.5) is 0 Å². The van der Waals surface area contributed by atoms with Crippen LogP contribution in [0.15, 0.2) is 18.2 Å². The zero-order chi connectivity index (χ0) is 9.84. The van der Waals surface area contributed by atoms with Gasteiger partial charge in [0.05, 0.1) is 0 Å². The molecule has 1 aromatic carbocycles. The lowest BCUT2D eigenvalue weighted by Gasteiger charge is -1.98. The zero-order valence-electron chi connectivity index (χ0n) is 8.17. The predicted molar refractivity (Wildman–Crippen MR) is 57.0 cm³/mol. The van der Waals surface area contributed by atoms with Gasteiger partial charge >= 0.3 is 0 Å². The van der Waals surface area contributed by atoms with Gasteiger partial charge in [-0.05, 0) is 24.6 Å². The van der Waals surface area contributed by atoms with Crippen LogP contribution >= 0.6 is 0 Å². The smallest absolute Gasteiger partial charge is 0.0158 e. The summed E-state index contributed by atoms with van der Waals surface area (Å²) in [6, 6.07) is 6.09. The molecule has 0 aliphatic rings. The summed E-state index contributed by atoms with van der Waals surface area (Å²) < 4.78 is 0. The molecule has 0 aliphatic heterocycles. The maximum absolute atomic E-state index is 5.88. The molecule has 0 saturated carbocycles. The van der Waals surface area contributed by atoms with Crippen LogP contribution < -0.4 is 21.9 Å². The van der Waals surface area contributed by atoms with Crippen LogP contribution in [0.5, 0.6) is 0 Å². The Labute approximate surface area is 78.6 Å². The van der Waals surface area contributed by atoms with Crippen molar-refractivity contribution in [2.45, 2.75) is 20.3 Å². The highest BCUT2D eigenvalue weighted by molar-refractivity contribution is 5.42. The SMILES string of the molecule is CC/C(N)=c1\cc(C)cc\c1=C\N. The molecule has 4 N–H and O–H groups in total. The molecule has 0 heterocycles. The third kappa shape index (κ3) is 2.02. The summed E-state index contributed by atoms with van der Waals surface area (Å²) in [6.07, 6.45) is 2.45. The van der Waals surface area contributed by atoms with E-state index in [1.54, 1.807) is 6.20 Å². The largest absolute Gasteiger partial charge is 0.404 e. The maximum atomic E-state index is 5.88.